The van der Waals surface area contributed by atoms with Crippen LogP contribution in [0.3, 0.4) is 0 Å². The molecule has 3 rings (SSSR count). The van der Waals surface area contributed by atoms with Gasteiger partial charge in [-0.15, -0.1) is 0 Å². The molecule has 1 aliphatic heterocycles. The van der Waals surface area contributed by atoms with E-state index >= 15 is 0 Å². The zero-order valence-electron chi connectivity index (χ0n) is 15.4. The number of carbonyl (C=O) groups excluding carboxylic acids is 2. The van der Waals surface area contributed by atoms with Crippen molar-refractivity contribution in [3.63, 3.8) is 0 Å². The number of halogens is 1. The second-order valence-electron chi connectivity index (χ2n) is 7.03. The number of likely N-dealkylation sites (tertiary alicyclic amines) is 1. The van der Waals surface area contributed by atoms with Gasteiger partial charge in [-0.3, -0.25) is 9.59 Å². The number of nitrogens with zero attached hydrogens (tertiary/aromatic N) is 1. The van der Waals surface area contributed by atoms with Gasteiger partial charge < -0.3 is 10.0 Å². The molecule has 5 nitrogen and oxygen atoms in total. The van der Waals surface area contributed by atoms with Crippen molar-refractivity contribution in [2.45, 2.75) is 25.7 Å². The van der Waals surface area contributed by atoms with Crippen LogP contribution in [0.5, 0.6) is 0 Å². The quantitative estimate of drug-likeness (QED) is 0.742. The number of ketones is 1. The van der Waals surface area contributed by atoms with Gasteiger partial charge in [0.1, 0.15) is 0 Å². The van der Waals surface area contributed by atoms with Gasteiger partial charge in [0.25, 0.3) is 0 Å². The first-order valence-electron chi connectivity index (χ1n) is 9.34. The summed E-state index contributed by atoms with van der Waals surface area (Å²) in [6.07, 6.45) is 2.28. The third-order valence-electron chi connectivity index (χ3n) is 5.18. The predicted molar refractivity (Wildman–Crippen MR) is 107 cm³/mol. The molecule has 1 fully saturated rings. The molecule has 2 aromatic rings. The Kier molecular flexibility index (Phi) is 6.47. The van der Waals surface area contributed by atoms with Gasteiger partial charge in [0.05, 0.1) is 5.56 Å². The predicted octanol–water partition coefficient (Wildman–Crippen LogP) is 4.09. The Morgan fingerprint density at radius 2 is 1.50 bits per heavy atom. The molecule has 0 aromatic heterocycles. The molecule has 6 heteroatoms. The van der Waals surface area contributed by atoms with Crippen LogP contribution in [0.4, 0.5) is 0 Å². The maximum atomic E-state index is 12.6. The highest BCUT2D eigenvalue weighted by molar-refractivity contribution is 6.30. The van der Waals surface area contributed by atoms with Crippen molar-refractivity contribution in [2.24, 2.45) is 5.92 Å². The smallest absolute Gasteiger partial charge is 0.335 e. The van der Waals surface area contributed by atoms with Gasteiger partial charge in [-0.1, -0.05) is 23.7 Å². The number of carbonyl (C=O) groups is 3. The standard InChI is InChI=1S/C22H22ClNO4/c23-19-8-6-16(7-9-19)21(26)17-11-13-24(14-12-17)20(25)10-3-15-1-4-18(5-2-15)22(27)28/h1-2,4-9,17H,3,10-14H2,(H,27,28). The maximum Gasteiger partial charge on any atom is 0.335 e. The van der Waals surface area contributed by atoms with E-state index < -0.39 is 5.97 Å². The number of hydrogen-bond donors (Lipinski definition) is 1. The summed E-state index contributed by atoms with van der Waals surface area (Å²) in [4.78, 5) is 37.7. The van der Waals surface area contributed by atoms with Crippen LogP contribution >= 0.6 is 11.6 Å². The summed E-state index contributed by atoms with van der Waals surface area (Å²) in [6.45, 7) is 1.17. The van der Waals surface area contributed by atoms with E-state index in [-0.39, 0.29) is 23.2 Å². The highest BCUT2D eigenvalue weighted by atomic mass is 35.5. The van der Waals surface area contributed by atoms with Gasteiger partial charge >= 0.3 is 5.97 Å². The van der Waals surface area contributed by atoms with Crippen molar-refractivity contribution in [2.75, 3.05) is 13.1 Å². The number of Topliss-reactive ketones (excluding diaryl/α,β-unsaturated/α-hetero) is 1. The molecule has 0 aliphatic carbocycles. The summed E-state index contributed by atoms with van der Waals surface area (Å²) in [5.74, 6) is -0.838. The summed E-state index contributed by atoms with van der Waals surface area (Å²) in [7, 11) is 0. The molecule has 1 heterocycles. The highest BCUT2D eigenvalue weighted by Crippen LogP contribution is 2.23. The van der Waals surface area contributed by atoms with E-state index in [9.17, 15) is 14.4 Å². The summed E-state index contributed by atoms with van der Waals surface area (Å²) >= 11 is 5.87. The average Bonchev–Trinajstić information content (AvgIpc) is 2.72. The summed E-state index contributed by atoms with van der Waals surface area (Å²) in [6, 6.07) is 13.5. The van der Waals surface area contributed by atoms with E-state index in [4.69, 9.17) is 16.7 Å². The van der Waals surface area contributed by atoms with E-state index in [1.54, 1.807) is 48.5 Å². The van der Waals surface area contributed by atoms with E-state index in [2.05, 4.69) is 0 Å². The Hall–Kier alpha value is -2.66. The van der Waals surface area contributed by atoms with Crippen molar-refractivity contribution in [3.8, 4) is 0 Å². The normalized spacial score (nSPS) is 14.7. The number of rotatable bonds is 6. The Bertz CT molecular complexity index is 853. The van der Waals surface area contributed by atoms with Crippen molar-refractivity contribution in [1.29, 1.82) is 0 Å². The average molecular weight is 400 g/mol. The van der Waals surface area contributed by atoms with E-state index in [0.717, 1.165) is 5.56 Å². The SMILES string of the molecule is O=C(O)c1ccc(CCC(=O)N2CCC(C(=O)c3ccc(Cl)cc3)CC2)cc1. The molecule has 1 aliphatic rings. The molecule has 0 spiro atoms. The molecular formula is C22H22ClNO4. The molecular weight excluding hydrogens is 378 g/mol. The van der Waals surface area contributed by atoms with Crippen LogP contribution in [-0.4, -0.2) is 40.8 Å². The first kappa shape index (κ1) is 20.1. The number of piperidine rings is 1. The fraction of sp³-hybridized carbons (Fsp3) is 0.318. The summed E-state index contributed by atoms with van der Waals surface area (Å²) in [5, 5.41) is 9.52. The molecule has 1 N–H and O–H groups in total. The highest BCUT2D eigenvalue weighted by Gasteiger charge is 2.27. The Balaban J connectivity index is 1.47. The lowest BCUT2D eigenvalue weighted by atomic mass is 9.88. The van der Waals surface area contributed by atoms with Crippen LogP contribution in [0, 0.1) is 5.92 Å². The first-order chi connectivity index (χ1) is 13.4. The second-order valence-corrected chi connectivity index (χ2v) is 7.46. The Labute approximate surface area is 168 Å². The number of carboxylic acids is 1. The molecule has 1 amide bonds. The molecule has 0 bridgehead atoms. The first-order valence-corrected chi connectivity index (χ1v) is 9.71. The third kappa shape index (κ3) is 4.98. The van der Waals surface area contributed by atoms with Crippen molar-refractivity contribution in [3.05, 3.63) is 70.2 Å². The number of carboxylic acid groups (broad SMARTS) is 1. The summed E-state index contributed by atoms with van der Waals surface area (Å²) < 4.78 is 0. The maximum absolute atomic E-state index is 12.6. The zero-order valence-corrected chi connectivity index (χ0v) is 16.2. The molecule has 0 atom stereocenters. The number of benzene rings is 2. The Morgan fingerprint density at radius 3 is 2.07 bits per heavy atom. The molecule has 0 unspecified atom stereocenters. The third-order valence-corrected chi connectivity index (χ3v) is 5.43. The fourth-order valence-electron chi connectivity index (χ4n) is 3.46. The largest absolute Gasteiger partial charge is 0.478 e. The van der Waals surface area contributed by atoms with E-state index in [1.807, 2.05) is 4.90 Å². The van der Waals surface area contributed by atoms with Gasteiger partial charge in [0.15, 0.2) is 5.78 Å². The van der Waals surface area contributed by atoms with Gasteiger partial charge in [0, 0.05) is 36.0 Å². The van der Waals surface area contributed by atoms with Gasteiger partial charge in [-0.05, 0) is 61.2 Å². The number of aromatic carboxylic acids is 1. The van der Waals surface area contributed by atoms with Crippen LogP contribution in [0.25, 0.3) is 0 Å². The fourth-order valence-corrected chi connectivity index (χ4v) is 3.59. The molecule has 0 saturated carbocycles. The van der Waals surface area contributed by atoms with Crippen molar-refractivity contribution >= 4 is 29.3 Å². The van der Waals surface area contributed by atoms with Crippen molar-refractivity contribution < 1.29 is 19.5 Å². The molecule has 1 saturated heterocycles. The molecule has 0 radical (unpaired) electrons. The molecule has 2 aromatic carbocycles. The van der Waals surface area contributed by atoms with Crippen LogP contribution in [0.1, 0.15) is 45.5 Å². The molecule has 28 heavy (non-hydrogen) atoms. The summed E-state index contributed by atoms with van der Waals surface area (Å²) in [5.41, 5.74) is 1.84. The lowest BCUT2D eigenvalue weighted by molar-refractivity contribution is -0.132. The van der Waals surface area contributed by atoms with Crippen LogP contribution < -0.4 is 0 Å². The van der Waals surface area contributed by atoms with Crippen LogP contribution in [-0.2, 0) is 11.2 Å². The van der Waals surface area contributed by atoms with E-state index in [1.165, 1.54) is 0 Å². The number of amides is 1. The van der Waals surface area contributed by atoms with Crippen LogP contribution in [0.15, 0.2) is 48.5 Å². The van der Waals surface area contributed by atoms with Gasteiger partial charge in [-0.25, -0.2) is 4.79 Å². The lowest BCUT2D eigenvalue weighted by Gasteiger charge is -2.31. The monoisotopic (exact) mass is 399 g/mol. The van der Waals surface area contributed by atoms with Gasteiger partial charge in [0.2, 0.25) is 5.91 Å². The number of aryl methyl sites for hydroxylation is 1. The van der Waals surface area contributed by atoms with E-state index in [0.29, 0.717) is 49.4 Å². The van der Waals surface area contributed by atoms with Gasteiger partial charge in [-0.2, -0.15) is 0 Å². The number of hydrogen-bond acceptors (Lipinski definition) is 3. The van der Waals surface area contributed by atoms with Crippen molar-refractivity contribution in [1.82, 2.24) is 4.90 Å². The van der Waals surface area contributed by atoms with Crippen LogP contribution in [0.2, 0.25) is 5.02 Å². The minimum atomic E-state index is -0.960. The zero-order chi connectivity index (χ0) is 20.1. The molecule has 146 valence electrons. The minimum absolute atomic E-state index is 0.0613. The second kappa shape index (κ2) is 9.02. The Morgan fingerprint density at radius 1 is 0.929 bits per heavy atom. The minimum Gasteiger partial charge on any atom is -0.478 e. The topological polar surface area (TPSA) is 74.7 Å². The lowest BCUT2D eigenvalue weighted by Crippen LogP contribution is -2.40.